The molecule has 0 atom stereocenters. The van der Waals surface area contributed by atoms with E-state index in [4.69, 9.17) is 5.26 Å². The molecule has 3 nitrogen and oxygen atoms in total. The van der Waals surface area contributed by atoms with E-state index in [1.54, 1.807) is 11.3 Å². The second-order valence-corrected chi connectivity index (χ2v) is 5.84. The predicted octanol–water partition coefficient (Wildman–Crippen LogP) is 2.44. The molecule has 1 aromatic rings. The molecule has 1 amide bonds. The van der Waals surface area contributed by atoms with Crippen LogP contribution in [0.1, 0.15) is 24.6 Å². The lowest BCUT2D eigenvalue weighted by Gasteiger charge is -2.34. The maximum absolute atomic E-state index is 12.0. The van der Waals surface area contributed by atoms with Crippen LogP contribution in [0.2, 0.25) is 0 Å². The number of carbonyl (C=O) groups excluding carboxylic acids is 1. The van der Waals surface area contributed by atoms with Gasteiger partial charge in [0.1, 0.15) is 0 Å². The fourth-order valence-electron chi connectivity index (χ4n) is 2.04. The molecule has 17 heavy (non-hydrogen) atoms. The molecule has 0 saturated carbocycles. The Bertz CT molecular complexity index is 425. The fourth-order valence-corrected chi connectivity index (χ4v) is 2.73. The summed E-state index contributed by atoms with van der Waals surface area (Å²) in [7, 11) is 0. The number of likely N-dealkylation sites (tertiary alicyclic amines) is 1. The van der Waals surface area contributed by atoms with Gasteiger partial charge >= 0.3 is 0 Å². The summed E-state index contributed by atoms with van der Waals surface area (Å²) in [4.78, 5) is 15.0. The zero-order valence-corrected chi connectivity index (χ0v) is 10.8. The zero-order valence-electron chi connectivity index (χ0n) is 9.98. The number of carbonyl (C=O) groups is 1. The molecule has 1 aliphatic heterocycles. The second kappa shape index (κ2) is 4.89. The van der Waals surface area contributed by atoms with Crippen LogP contribution in [0.15, 0.2) is 17.5 Å². The molecule has 1 aliphatic rings. The minimum Gasteiger partial charge on any atom is -0.342 e. The molecule has 0 spiro atoms. The van der Waals surface area contributed by atoms with Crippen LogP contribution >= 0.6 is 11.3 Å². The van der Waals surface area contributed by atoms with Crippen molar-refractivity contribution in [2.75, 3.05) is 13.1 Å². The standard InChI is InChI=1S/C13H16N2OS/c1-13(10-14)4-6-15(7-5-13)12(16)9-11-3-2-8-17-11/h2-3,8H,4-7,9H2,1H3. The van der Waals surface area contributed by atoms with E-state index < -0.39 is 0 Å². The third kappa shape index (κ3) is 2.86. The van der Waals surface area contributed by atoms with Crippen molar-refractivity contribution in [2.24, 2.45) is 5.41 Å². The summed E-state index contributed by atoms with van der Waals surface area (Å²) >= 11 is 1.62. The van der Waals surface area contributed by atoms with Crippen molar-refractivity contribution in [2.45, 2.75) is 26.2 Å². The Hall–Kier alpha value is -1.34. The van der Waals surface area contributed by atoms with Crippen LogP contribution in [0.25, 0.3) is 0 Å². The molecular weight excluding hydrogens is 232 g/mol. The second-order valence-electron chi connectivity index (χ2n) is 4.81. The van der Waals surface area contributed by atoms with E-state index >= 15 is 0 Å². The Morgan fingerprint density at radius 3 is 2.82 bits per heavy atom. The molecule has 2 heterocycles. The van der Waals surface area contributed by atoms with Crippen molar-refractivity contribution in [3.8, 4) is 6.07 Å². The maximum atomic E-state index is 12.0. The molecule has 0 bridgehead atoms. The molecule has 0 aliphatic carbocycles. The number of hydrogen-bond acceptors (Lipinski definition) is 3. The summed E-state index contributed by atoms with van der Waals surface area (Å²) in [5.74, 6) is 0.187. The van der Waals surface area contributed by atoms with Gasteiger partial charge in [-0.25, -0.2) is 0 Å². The number of rotatable bonds is 2. The van der Waals surface area contributed by atoms with Gasteiger partial charge in [0.05, 0.1) is 17.9 Å². The van der Waals surface area contributed by atoms with Gasteiger partial charge in [0.2, 0.25) is 5.91 Å². The number of nitrogens with zero attached hydrogens (tertiary/aromatic N) is 2. The van der Waals surface area contributed by atoms with Gasteiger partial charge in [-0.1, -0.05) is 6.07 Å². The minimum absolute atomic E-state index is 0.187. The molecule has 1 aromatic heterocycles. The quantitative estimate of drug-likeness (QED) is 0.807. The predicted molar refractivity (Wildman–Crippen MR) is 67.6 cm³/mol. The SMILES string of the molecule is CC1(C#N)CCN(C(=O)Cc2cccs2)CC1. The van der Waals surface area contributed by atoms with Gasteiger partial charge < -0.3 is 4.90 Å². The lowest BCUT2D eigenvalue weighted by atomic mass is 9.82. The number of nitriles is 1. The molecule has 0 aromatic carbocycles. The van der Waals surface area contributed by atoms with E-state index in [2.05, 4.69) is 6.07 Å². The van der Waals surface area contributed by atoms with Crippen molar-refractivity contribution in [1.82, 2.24) is 4.90 Å². The zero-order chi connectivity index (χ0) is 12.3. The summed E-state index contributed by atoms with van der Waals surface area (Å²) in [6, 6.07) is 6.31. The molecule has 4 heteroatoms. The molecule has 0 unspecified atom stereocenters. The molecular formula is C13H16N2OS. The number of piperidine rings is 1. The first-order chi connectivity index (χ1) is 8.13. The van der Waals surface area contributed by atoms with Gasteiger partial charge in [0.25, 0.3) is 0 Å². The van der Waals surface area contributed by atoms with Gasteiger partial charge in [-0.3, -0.25) is 4.79 Å². The Morgan fingerprint density at radius 2 is 2.29 bits per heavy atom. The van der Waals surface area contributed by atoms with Crippen molar-refractivity contribution in [3.05, 3.63) is 22.4 Å². The van der Waals surface area contributed by atoms with Crippen molar-refractivity contribution in [3.63, 3.8) is 0 Å². The lowest BCUT2D eigenvalue weighted by Crippen LogP contribution is -2.42. The average molecular weight is 248 g/mol. The van der Waals surface area contributed by atoms with Crippen LogP contribution in [0.4, 0.5) is 0 Å². The molecule has 1 saturated heterocycles. The number of hydrogen-bond donors (Lipinski definition) is 0. The van der Waals surface area contributed by atoms with Crippen LogP contribution in [-0.2, 0) is 11.2 Å². The lowest BCUT2D eigenvalue weighted by molar-refractivity contribution is -0.132. The highest BCUT2D eigenvalue weighted by Gasteiger charge is 2.31. The molecule has 90 valence electrons. The number of amides is 1. The number of thiophene rings is 1. The van der Waals surface area contributed by atoms with Gasteiger partial charge in [0, 0.05) is 18.0 Å². The maximum Gasteiger partial charge on any atom is 0.227 e. The normalized spacial score (nSPS) is 18.7. The Labute approximate surface area is 106 Å². The summed E-state index contributed by atoms with van der Waals surface area (Å²) in [5, 5.41) is 11.0. The van der Waals surface area contributed by atoms with Crippen LogP contribution in [0.5, 0.6) is 0 Å². The van der Waals surface area contributed by atoms with E-state index in [1.165, 1.54) is 0 Å². The Kier molecular flexibility index (Phi) is 3.49. The summed E-state index contributed by atoms with van der Waals surface area (Å²) in [6.45, 7) is 3.41. The van der Waals surface area contributed by atoms with Crippen LogP contribution < -0.4 is 0 Å². The van der Waals surface area contributed by atoms with E-state index in [9.17, 15) is 4.79 Å². The van der Waals surface area contributed by atoms with E-state index in [0.29, 0.717) is 19.5 Å². The third-order valence-corrected chi connectivity index (χ3v) is 4.27. The highest BCUT2D eigenvalue weighted by molar-refractivity contribution is 7.10. The molecule has 0 N–H and O–H groups in total. The minimum atomic E-state index is -0.236. The van der Waals surface area contributed by atoms with Gasteiger partial charge in [0.15, 0.2) is 0 Å². The Balaban J connectivity index is 1.89. The van der Waals surface area contributed by atoms with Crippen molar-refractivity contribution < 1.29 is 4.79 Å². The molecule has 0 radical (unpaired) electrons. The van der Waals surface area contributed by atoms with E-state index in [-0.39, 0.29) is 11.3 Å². The molecule has 1 fully saturated rings. The van der Waals surface area contributed by atoms with Crippen LogP contribution in [0, 0.1) is 16.7 Å². The van der Waals surface area contributed by atoms with Gasteiger partial charge in [-0.05, 0) is 31.2 Å². The highest BCUT2D eigenvalue weighted by Crippen LogP contribution is 2.30. The summed E-state index contributed by atoms with van der Waals surface area (Å²) < 4.78 is 0. The average Bonchev–Trinajstić information content (AvgIpc) is 2.83. The molecule has 2 rings (SSSR count). The first kappa shape index (κ1) is 12.1. The van der Waals surface area contributed by atoms with Crippen molar-refractivity contribution in [1.29, 1.82) is 5.26 Å². The highest BCUT2D eigenvalue weighted by atomic mass is 32.1. The monoisotopic (exact) mass is 248 g/mol. The topological polar surface area (TPSA) is 44.1 Å². The first-order valence-electron chi connectivity index (χ1n) is 5.84. The first-order valence-corrected chi connectivity index (χ1v) is 6.72. The summed E-state index contributed by atoms with van der Waals surface area (Å²) in [5.41, 5.74) is -0.236. The Morgan fingerprint density at radius 1 is 1.59 bits per heavy atom. The van der Waals surface area contributed by atoms with Crippen molar-refractivity contribution >= 4 is 17.2 Å². The van der Waals surface area contributed by atoms with E-state index in [0.717, 1.165) is 17.7 Å². The van der Waals surface area contributed by atoms with E-state index in [1.807, 2.05) is 29.3 Å². The van der Waals surface area contributed by atoms with Gasteiger partial charge in [-0.15, -0.1) is 11.3 Å². The largest absolute Gasteiger partial charge is 0.342 e. The van der Waals surface area contributed by atoms with Crippen LogP contribution in [0.3, 0.4) is 0 Å². The fraction of sp³-hybridized carbons (Fsp3) is 0.538. The summed E-state index contributed by atoms with van der Waals surface area (Å²) in [6.07, 6.45) is 2.08. The van der Waals surface area contributed by atoms with Gasteiger partial charge in [-0.2, -0.15) is 5.26 Å². The smallest absolute Gasteiger partial charge is 0.227 e. The third-order valence-electron chi connectivity index (χ3n) is 3.40. The van der Waals surface area contributed by atoms with Crippen LogP contribution in [-0.4, -0.2) is 23.9 Å².